The van der Waals surface area contributed by atoms with Crippen LogP contribution in [0.15, 0.2) is 126 Å². The first kappa shape index (κ1) is 25.7. The fraction of sp³-hybridized carbons (Fsp3) is 0.121. The van der Waals surface area contributed by atoms with Gasteiger partial charge >= 0.3 is 6.09 Å². The molecule has 0 spiro atoms. The Hall–Kier alpha value is -4.97. The molecule has 1 atom stereocenters. The fourth-order valence-electron chi connectivity index (χ4n) is 4.55. The van der Waals surface area contributed by atoms with E-state index in [1.54, 1.807) is 31.4 Å². The molecule has 194 valence electrons. The van der Waals surface area contributed by atoms with Crippen molar-refractivity contribution in [3.63, 3.8) is 0 Å². The van der Waals surface area contributed by atoms with E-state index in [2.05, 4.69) is 4.99 Å². The predicted octanol–water partition coefficient (Wildman–Crippen LogP) is 7.10. The van der Waals surface area contributed by atoms with E-state index >= 15 is 0 Å². The van der Waals surface area contributed by atoms with Crippen LogP contribution >= 0.6 is 0 Å². The number of carbonyl (C=O) groups excluding carboxylic acids is 2. The summed E-state index contributed by atoms with van der Waals surface area (Å²) in [4.78, 5) is 32.8. The Balaban J connectivity index is 1.55. The van der Waals surface area contributed by atoms with Gasteiger partial charge in [0.1, 0.15) is 18.2 Å². The van der Waals surface area contributed by atoms with Crippen molar-refractivity contribution in [2.75, 3.05) is 7.11 Å². The van der Waals surface area contributed by atoms with Gasteiger partial charge in [0.05, 0.1) is 7.11 Å². The Labute approximate surface area is 227 Å². The molecule has 1 aliphatic rings. The molecule has 1 aliphatic heterocycles. The minimum absolute atomic E-state index is 0.102. The molecule has 0 radical (unpaired) electrons. The van der Waals surface area contributed by atoms with Crippen molar-refractivity contribution < 1.29 is 19.1 Å². The van der Waals surface area contributed by atoms with Gasteiger partial charge in [-0.15, -0.1) is 0 Å². The van der Waals surface area contributed by atoms with Gasteiger partial charge in [-0.3, -0.25) is 4.79 Å². The second-order valence-electron chi connectivity index (χ2n) is 9.08. The number of ether oxygens (including phenoxy) is 2. The summed E-state index contributed by atoms with van der Waals surface area (Å²) in [6.45, 7) is 0.102. The number of methoxy groups -OCH3 is 1. The zero-order valence-corrected chi connectivity index (χ0v) is 21.6. The van der Waals surface area contributed by atoms with Crippen LogP contribution in [0.25, 0.3) is 6.08 Å². The highest BCUT2D eigenvalue weighted by molar-refractivity contribution is 6.09. The highest BCUT2D eigenvalue weighted by atomic mass is 16.6. The summed E-state index contributed by atoms with van der Waals surface area (Å²) >= 11 is 0. The molecule has 1 unspecified atom stereocenters. The molecule has 39 heavy (non-hydrogen) atoms. The second kappa shape index (κ2) is 12.0. The van der Waals surface area contributed by atoms with Crippen molar-refractivity contribution in [3.8, 4) is 5.75 Å². The lowest BCUT2D eigenvalue weighted by molar-refractivity contribution is 0.100. The van der Waals surface area contributed by atoms with E-state index in [0.717, 1.165) is 16.7 Å². The van der Waals surface area contributed by atoms with Crippen LogP contribution in [0, 0.1) is 0 Å². The van der Waals surface area contributed by atoms with Gasteiger partial charge in [-0.25, -0.2) is 9.69 Å². The number of carbonyl (C=O) groups is 2. The molecule has 5 rings (SSSR count). The van der Waals surface area contributed by atoms with E-state index < -0.39 is 12.0 Å². The minimum Gasteiger partial charge on any atom is -0.497 e. The number of amidine groups is 1. The van der Waals surface area contributed by atoms with Crippen LogP contribution in [0.3, 0.4) is 0 Å². The van der Waals surface area contributed by atoms with Gasteiger partial charge in [-0.05, 0) is 47.0 Å². The third-order valence-corrected chi connectivity index (χ3v) is 6.53. The molecule has 0 aliphatic carbocycles. The first-order valence-electron chi connectivity index (χ1n) is 12.7. The third-order valence-electron chi connectivity index (χ3n) is 6.53. The topological polar surface area (TPSA) is 68.2 Å². The SMILES string of the molecule is COc1ccc(C(=O)N=C2CC(c3ccccc3)/C(=C/c3ccccc3)N2C(=O)OCc2ccccc2)cc1. The molecule has 0 bridgehead atoms. The zero-order chi connectivity index (χ0) is 27.0. The molecular weight excluding hydrogens is 488 g/mol. The van der Waals surface area contributed by atoms with Crippen LogP contribution < -0.4 is 4.74 Å². The Morgan fingerprint density at radius 3 is 2.10 bits per heavy atom. The lowest BCUT2D eigenvalue weighted by Crippen LogP contribution is -2.32. The smallest absolute Gasteiger partial charge is 0.420 e. The normalized spacial score (nSPS) is 16.8. The highest BCUT2D eigenvalue weighted by Crippen LogP contribution is 2.40. The summed E-state index contributed by atoms with van der Waals surface area (Å²) in [6, 6.07) is 35.9. The Kier molecular flexibility index (Phi) is 7.93. The molecule has 1 fully saturated rings. The van der Waals surface area contributed by atoms with Crippen molar-refractivity contribution in [2.45, 2.75) is 18.9 Å². The van der Waals surface area contributed by atoms with E-state index in [0.29, 0.717) is 29.3 Å². The highest BCUT2D eigenvalue weighted by Gasteiger charge is 2.39. The number of rotatable bonds is 6. The molecule has 1 saturated heterocycles. The maximum atomic E-state index is 13.7. The summed E-state index contributed by atoms with van der Waals surface area (Å²) < 4.78 is 11.0. The van der Waals surface area contributed by atoms with Crippen molar-refractivity contribution in [3.05, 3.63) is 143 Å². The molecule has 6 heteroatoms. The average molecular weight is 517 g/mol. The first-order chi connectivity index (χ1) is 19.1. The fourth-order valence-corrected chi connectivity index (χ4v) is 4.55. The standard InChI is InChI=1S/C33H28N2O4/c1-38-28-19-17-27(18-20-28)32(36)34-31-22-29(26-15-9-4-10-16-26)30(21-24-11-5-2-6-12-24)35(31)33(37)39-23-25-13-7-3-8-14-25/h2-21,29H,22-23H2,1H3/b30-21-,34-31?. The van der Waals surface area contributed by atoms with Gasteiger partial charge in [0.25, 0.3) is 5.91 Å². The largest absolute Gasteiger partial charge is 0.497 e. The van der Waals surface area contributed by atoms with Crippen LogP contribution in [0.4, 0.5) is 4.79 Å². The maximum Gasteiger partial charge on any atom is 0.420 e. The quantitative estimate of drug-likeness (QED) is 0.274. The van der Waals surface area contributed by atoms with Crippen LogP contribution in [0.5, 0.6) is 5.75 Å². The van der Waals surface area contributed by atoms with Crippen molar-refractivity contribution in [1.29, 1.82) is 0 Å². The van der Waals surface area contributed by atoms with Crippen LogP contribution in [-0.4, -0.2) is 29.8 Å². The van der Waals surface area contributed by atoms with Crippen LogP contribution in [-0.2, 0) is 11.3 Å². The van der Waals surface area contributed by atoms with E-state index in [-0.39, 0.29) is 12.5 Å². The predicted molar refractivity (Wildman–Crippen MR) is 151 cm³/mol. The number of nitrogens with zero attached hydrogens (tertiary/aromatic N) is 2. The lowest BCUT2D eigenvalue weighted by atomic mass is 9.94. The van der Waals surface area contributed by atoms with Gasteiger partial charge in [0.15, 0.2) is 0 Å². The molecule has 4 aromatic rings. The van der Waals surface area contributed by atoms with E-state index in [1.807, 2.05) is 97.1 Å². The third kappa shape index (κ3) is 6.13. The van der Waals surface area contributed by atoms with Crippen LogP contribution in [0.2, 0.25) is 0 Å². The monoisotopic (exact) mass is 516 g/mol. The van der Waals surface area contributed by atoms with E-state index in [9.17, 15) is 9.59 Å². The molecule has 0 saturated carbocycles. The minimum atomic E-state index is -0.583. The first-order valence-corrected chi connectivity index (χ1v) is 12.7. The van der Waals surface area contributed by atoms with Gasteiger partial charge in [-0.1, -0.05) is 91.0 Å². The molecule has 0 aromatic heterocycles. The van der Waals surface area contributed by atoms with E-state index in [1.165, 1.54) is 4.90 Å². The maximum absolute atomic E-state index is 13.7. The summed E-state index contributed by atoms with van der Waals surface area (Å²) in [5.41, 5.74) is 3.91. The zero-order valence-electron chi connectivity index (χ0n) is 21.6. The second-order valence-corrected chi connectivity index (χ2v) is 9.08. The number of hydrogen-bond donors (Lipinski definition) is 0. The van der Waals surface area contributed by atoms with Crippen molar-refractivity contribution in [1.82, 2.24) is 4.90 Å². The number of benzene rings is 4. The number of aliphatic imine (C=N–C) groups is 1. The number of allylic oxidation sites excluding steroid dienone is 1. The average Bonchev–Trinajstić information content (AvgIpc) is 3.34. The Morgan fingerprint density at radius 1 is 0.846 bits per heavy atom. The van der Waals surface area contributed by atoms with Gasteiger partial charge in [0.2, 0.25) is 0 Å². The number of amides is 2. The van der Waals surface area contributed by atoms with Crippen molar-refractivity contribution in [2.24, 2.45) is 4.99 Å². The Morgan fingerprint density at radius 2 is 1.46 bits per heavy atom. The van der Waals surface area contributed by atoms with Crippen LogP contribution in [0.1, 0.15) is 39.4 Å². The summed E-state index contributed by atoms with van der Waals surface area (Å²) in [5, 5.41) is 0. The molecule has 2 amide bonds. The van der Waals surface area contributed by atoms with Gasteiger partial charge < -0.3 is 9.47 Å². The van der Waals surface area contributed by atoms with Crippen molar-refractivity contribution >= 4 is 23.9 Å². The number of hydrogen-bond acceptors (Lipinski definition) is 4. The lowest BCUT2D eigenvalue weighted by Gasteiger charge is -2.21. The molecule has 6 nitrogen and oxygen atoms in total. The molecule has 0 N–H and O–H groups in total. The molecule has 1 heterocycles. The molecular formula is C33H28N2O4. The van der Waals surface area contributed by atoms with E-state index in [4.69, 9.17) is 9.47 Å². The van der Waals surface area contributed by atoms with Gasteiger partial charge in [-0.2, -0.15) is 4.99 Å². The summed E-state index contributed by atoms with van der Waals surface area (Å²) in [7, 11) is 1.57. The Bertz CT molecular complexity index is 1480. The summed E-state index contributed by atoms with van der Waals surface area (Å²) in [6.07, 6.45) is 1.74. The summed E-state index contributed by atoms with van der Waals surface area (Å²) in [5.74, 6) is 0.340. The van der Waals surface area contributed by atoms with Gasteiger partial charge in [0, 0.05) is 23.6 Å². The molecule has 4 aromatic carbocycles. The number of likely N-dealkylation sites (tertiary alicyclic amines) is 1.